The van der Waals surface area contributed by atoms with Crippen molar-refractivity contribution >= 4 is 59.1 Å². The summed E-state index contributed by atoms with van der Waals surface area (Å²) in [5.41, 5.74) is 0. The van der Waals surface area contributed by atoms with E-state index in [2.05, 4.69) is 5.32 Å². The molecule has 1 aliphatic rings. The lowest BCUT2D eigenvalue weighted by molar-refractivity contribution is -0.222. The Hall–Kier alpha value is -3.36. The molecule has 0 spiro atoms. The highest BCUT2D eigenvalue weighted by atomic mass is 35.5. The number of amides is 1. The average Bonchev–Trinajstić information content (AvgIpc) is 2.84. The third-order valence-electron chi connectivity index (χ3n) is 5.41. The maximum atomic E-state index is 12.6. The van der Waals surface area contributed by atoms with Crippen LogP contribution in [0.3, 0.4) is 0 Å². The van der Waals surface area contributed by atoms with Gasteiger partial charge in [0.2, 0.25) is 5.91 Å². The highest BCUT2D eigenvalue weighted by Gasteiger charge is 2.63. The minimum Gasteiger partial charge on any atom is -0.478 e. The molecule has 1 aromatic rings. The third kappa shape index (κ3) is 8.83. The molecule has 15 heteroatoms. The van der Waals surface area contributed by atoms with Crippen molar-refractivity contribution < 1.29 is 57.6 Å². The zero-order chi connectivity index (χ0) is 30.2. The number of esters is 4. The third-order valence-corrected chi connectivity index (χ3v) is 7.42. The summed E-state index contributed by atoms with van der Waals surface area (Å²) >= 11 is 7.55. The average molecular weight is 604 g/mol. The Morgan fingerprint density at radius 3 is 2.05 bits per heavy atom. The Bertz CT molecular complexity index is 1120. The van der Waals surface area contributed by atoms with Crippen LogP contribution in [0.2, 0.25) is 0 Å². The second-order valence-electron chi connectivity index (χ2n) is 8.71. The zero-order valence-corrected chi connectivity index (χ0v) is 23.9. The van der Waals surface area contributed by atoms with Gasteiger partial charge in [0.1, 0.15) is 24.1 Å². The quantitative estimate of drug-likeness (QED) is 0.211. The first kappa shape index (κ1) is 32.8. The van der Waals surface area contributed by atoms with Gasteiger partial charge in [-0.25, -0.2) is 4.79 Å². The molecule has 0 aliphatic carbocycles. The number of benzene rings is 1. The first-order valence-electron chi connectivity index (χ1n) is 11.9. The number of ether oxygens (including phenoxy) is 5. The summed E-state index contributed by atoms with van der Waals surface area (Å²) in [6.45, 7) is 4.71. The van der Waals surface area contributed by atoms with Gasteiger partial charge < -0.3 is 34.1 Å². The summed E-state index contributed by atoms with van der Waals surface area (Å²) < 4.78 is 27.1. The van der Waals surface area contributed by atoms with E-state index in [9.17, 15) is 33.9 Å². The number of carboxylic acids is 1. The van der Waals surface area contributed by atoms with Gasteiger partial charge in [0.25, 0.3) is 5.06 Å². The number of carbonyl (C=O) groups excluding carboxylic acids is 5. The number of nitrogens with one attached hydrogen (secondary N) is 1. The van der Waals surface area contributed by atoms with Crippen molar-refractivity contribution in [1.82, 2.24) is 5.32 Å². The molecule has 13 nitrogen and oxygen atoms in total. The number of aliphatic carboxylic acids is 1. The molecule has 2 rings (SSSR count). The lowest BCUT2D eigenvalue weighted by Gasteiger charge is -2.50. The number of halogens is 1. The fraction of sp³-hybridized carbons (Fsp3) is 0.520. The van der Waals surface area contributed by atoms with Crippen LogP contribution in [0.15, 0.2) is 35.2 Å². The Kier molecular flexibility index (Phi) is 11.8. The number of alkyl halides is 1. The molecule has 40 heavy (non-hydrogen) atoms. The van der Waals surface area contributed by atoms with Crippen LogP contribution in [0.1, 0.15) is 34.6 Å². The Morgan fingerprint density at radius 2 is 1.57 bits per heavy atom. The zero-order valence-electron chi connectivity index (χ0n) is 22.3. The molecular weight excluding hydrogens is 574 g/mol. The Morgan fingerprint density at radius 1 is 0.975 bits per heavy atom. The van der Waals surface area contributed by atoms with Crippen LogP contribution >= 0.6 is 23.4 Å². The van der Waals surface area contributed by atoms with E-state index in [4.69, 9.17) is 35.3 Å². The number of hydrogen-bond donors (Lipinski definition) is 2. The molecule has 1 amide bonds. The minimum absolute atomic E-state index is 0.531. The molecule has 1 saturated heterocycles. The summed E-state index contributed by atoms with van der Waals surface area (Å²) in [7, 11) is 0. The van der Waals surface area contributed by atoms with E-state index in [1.165, 1.54) is 0 Å². The predicted octanol–water partition coefficient (Wildman–Crippen LogP) is 1.43. The van der Waals surface area contributed by atoms with Gasteiger partial charge in [0.15, 0.2) is 12.2 Å². The summed E-state index contributed by atoms with van der Waals surface area (Å²) in [6.07, 6.45) is -6.42. The normalized spacial score (nSPS) is 25.4. The van der Waals surface area contributed by atoms with Gasteiger partial charge in [-0.05, 0) is 12.1 Å². The number of carbonyl (C=O) groups is 6. The van der Waals surface area contributed by atoms with Crippen LogP contribution in [0.25, 0.3) is 0 Å². The van der Waals surface area contributed by atoms with Crippen molar-refractivity contribution in [2.24, 2.45) is 0 Å². The Labute approximate surface area is 239 Å². The van der Waals surface area contributed by atoms with Gasteiger partial charge in [-0.1, -0.05) is 29.8 Å². The molecule has 0 aromatic heterocycles. The monoisotopic (exact) mass is 603 g/mol. The molecule has 1 fully saturated rings. The minimum atomic E-state index is -2.64. The van der Waals surface area contributed by atoms with Crippen LogP contribution in [-0.2, 0) is 52.5 Å². The molecule has 0 unspecified atom stereocenters. The molecule has 0 bridgehead atoms. The van der Waals surface area contributed by atoms with Crippen molar-refractivity contribution in [2.75, 3.05) is 6.61 Å². The first-order valence-corrected chi connectivity index (χ1v) is 13.1. The highest BCUT2D eigenvalue weighted by molar-refractivity contribution is 8.00. The maximum Gasteiger partial charge on any atom is 0.353 e. The van der Waals surface area contributed by atoms with Gasteiger partial charge in [-0.2, -0.15) is 0 Å². The number of hydrogen-bond acceptors (Lipinski definition) is 12. The van der Waals surface area contributed by atoms with E-state index >= 15 is 0 Å². The van der Waals surface area contributed by atoms with Gasteiger partial charge in [0, 0.05) is 39.5 Å². The topological polar surface area (TPSA) is 181 Å². The molecular formula is C25H30ClNO12S. The van der Waals surface area contributed by atoms with Crippen molar-refractivity contribution in [3.63, 3.8) is 0 Å². The van der Waals surface area contributed by atoms with Crippen LogP contribution in [0, 0.1) is 0 Å². The molecule has 7 atom stereocenters. The SMILES string of the molecule is CC(=O)N[C@H]1[C@H]([C@H](OC(C)=O)[C@@H](COC(C)=O)OC(C)=O)O[C@](Cl)(C(=O)O)[C@@H](Sc2ccccc2)[C@@H]1OC(C)=O. The van der Waals surface area contributed by atoms with E-state index < -0.39 is 83.1 Å². The van der Waals surface area contributed by atoms with Crippen molar-refractivity contribution in [2.45, 2.75) is 80.3 Å². The molecule has 0 saturated carbocycles. The first-order chi connectivity index (χ1) is 18.6. The molecule has 2 N–H and O–H groups in total. The van der Waals surface area contributed by atoms with Crippen molar-refractivity contribution in [3.8, 4) is 0 Å². The number of thioether (sulfide) groups is 1. The fourth-order valence-corrected chi connectivity index (χ4v) is 5.67. The smallest absolute Gasteiger partial charge is 0.353 e. The fourth-order valence-electron chi connectivity index (χ4n) is 4.04. The lowest BCUT2D eigenvalue weighted by Crippen LogP contribution is -2.72. The lowest BCUT2D eigenvalue weighted by atomic mass is 9.88. The van der Waals surface area contributed by atoms with Gasteiger partial charge in [-0.15, -0.1) is 11.8 Å². The van der Waals surface area contributed by atoms with Crippen molar-refractivity contribution in [1.29, 1.82) is 0 Å². The van der Waals surface area contributed by atoms with Crippen LogP contribution in [0.5, 0.6) is 0 Å². The van der Waals surface area contributed by atoms with E-state index in [1.54, 1.807) is 30.3 Å². The van der Waals surface area contributed by atoms with Gasteiger partial charge >= 0.3 is 29.8 Å². The standard InChI is InChI=1S/C25H30ClNO12S/c1-12(28)27-19-21(20(37-15(4)31)18(36-14(3)30)11-35-13(2)29)39-25(26,24(33)34)23(22(19)38-16(5)32)40-17-9-7-6-8-10-17/h6-10,18-23H,11H2,1-5H3,(H,27,28)(H,33,34)/t18-,19+,20-,21-,22-,23+,25+/m1/s1. The molecule has 220 valence electrons. The van der Waals surface area contributed by atoms with Gasteiger partial charge in [-0.3, -0.25) is 24.0 Å². The van der Waals surface area contributed by atoms with Crippen LogP contribution in [-0.4, -0.2) is 88.2 Å². The van der Waals surface area contributed by atoms with E-state index in [-0.39, 0.29) is 0 Å². The largest absolute Gasteiger partial charge is 0.478 e. The second kappa shape index (κ2) is 14.3. The molecule has 1 aliphatic heterocycles. The molecule has 1 heterocycles. The summed E-state index contributed by atoms with van der Waals surface area (Å²) in [5, 5.41) is 8.80. The molecule has 1 aromatic carbocycles. The van der Waals surface area contributed by atoms with E-state index in [1.807, 2.05) is 0 Å². The van der Waals surface area contributed by atoms with Crippen LogP contribution < -0.4 is 5.32 Å². The number of rotatable bonds is 11. The van der Waals surface area contributed by atoms with Crippen LogP contribution in [0.4, 0.5) is 0 Å². The van der Waals surface area contributed by atoms with Gasteiger partial charge in [0.05, 0.1) is 6.04 Å². The summed E-state index contributed by atoms with van der Waals surface area (Å²) in [4.78, 5) is 73.4. The second-order valence-corrected chi connectivity index (χ2v) is 10.5. The molecule has 0 radical (unpaired) electrons. The van der Waals surface area contributed by atoms with E-state index in [0.717, 1.165) is 46.4 Å². The maximum absolute atomic E-state index is 12.6. The number of carboxylic acid groups (broad SMARTS) is 1. The highest BCUT2D eigenvalue weighted by Crippen LogP contribution is 2.46. The van der Waals surface area contributed by atoms with Crippen molar-refractivity contribution in [3.05, 3.63) is 30.3 Å². The Balaban J connectivity index is 2.76. The predicted molar refractivity (Wildman–Crippen MR) is 138 cm³/mol. The summed E-state index contributed by atoms with van der Waals surface area (Å²) in [6, 6.07) is 7.03. The van der Waals surface area contributed by atoms with E-state index in [0.29, 0.717) is 4.90 Å². The summed E-state index contributed by atoms with van der Waals surface area (Å²) in [5.74, 6) is -5.74.